The Morgan fingerprint density at radius 3 is 2.24 bits per heavy atom. The van der Waals surface area contributed by atoms with Crippen molar-refractivity contribution in [1.29, 1.82) is 0 Å². The van der Waals surface area contributed by atoms with E-state index in [-0.39, 0.29) is 17.1 Å². The fourth-order valence-electron chi connectivity index (χ4n) is 3.19. The topological polar surface area (TPSA) is 107 Å². The van der Waals surface area contributed by atoms with E-state index in [1.807, 2.05) is 31.1 Å². The number of rotatable bonds is 7. The normalized spacial score (nSPS) is 12.6. The first-order valence-electron chi connectivity index (χ1n) is 8.91. The molecule has 3 aromatic carbocycles. The largest absolute Gasteiger partial charge is 0.508 e. The molecule has 0 amide bonds. The molecule has 7 nitrogen and oxygen atoms in total. The van der Waals surface area contributed by atoms with Crippen LogP contribution < -0.4 is 9.62 Å². The Morgan fingerprint density at radius 1 is 1.00 bits per heavy atom. The Labute approximate surface area is 169 Å². The van der Waals surface area contributed by atoms with Gasteiger partial charge < -0.3 is 15.1 Å². The lowest BCUT2D eigenvalue weighted by Gasteiger charge is -2.19. The van der Waals surface area contributed by atoms with Gasteiger partial charge in [0, 0.05) is 30.6 Å². The molecular formula is C21H22N2O5S. The summed E-state index contributed by atoms with van der Waals surface area (Å²) in [6, 6.07) is 14.9. The number of hydrogen-bond acceptors (Lipinski definition) is 5. The molecule has 1 atom stereocenters. The highest BCUT2D eigenvalue weighted by atomic mass is 32.2. The SMILES string of the molecule is CN(C)c1cccc2c(S(=O)(=O)N[C@H](Cc3ccc(O)cc3)C(=O)O)cccc12. The zero-order valence-corrected chi connectivity index (χ0v) is 16.8. The van der Waals surface area contributed by atoms with Crippen molar-refractivity contribution in [2.24, 2.45) is 0 Å². The van der Waals surface area contributed by atoms with E-state index in [9.17, 15) is 23.4 Å². The number of anilines is 1. The van der Waals surface area contributed by atoms with Gasteiger partial charge in [-0.2, -0.15) is 4.72 Å². The molecule has 0 aliphatic carbocycles. The molecule has 0 aliphatic rings. The van der Waals surface area contributed by atoms with Gasteiger partial charge in [-0.1, -0.05) is 36.4 Å². The molecule has 3 N–H and O–H groups in total. The van der Waals surface area contributed by atoms with E-state index < -0.39 is 22.0 Å². The highest BCUT2D eigenvalue weighted by Crippen LogP contribution is 2.30. The monoisotopic (exact) mass is 414 g/mol. The van der Waals surface area contributed by atoms with E-state index in [0.29, 0.717) is 10.9 Å². The Hall–Kier alpha value is -3.10. The number of aliphatic carboxylic acids is 1. The number of fused-ring (bicyclic) bond motifs is 1. The van der Waals surface area contributed by atoms with Crippen molar-refractivity contribution in [3.05, 3.63) is 66.2 Å². The summed E-state index contributed by atoms with van der Waals surface area (Å²) in [5.41, 5.74) is 1.45. The predicted molar refractivity (Wildman–Crippen MR) is 112 cm³/mol. The van der Waals surface area contributed by atoms with Gasteiger partial charge in [0.15, 0.2) is 0 Å². The maximum atomic E-state index is 13.1. The summed E-state index contributed by atoms with van der Waals surface area (Å²) in [5.74, 6) is -1.23. The van der Waals surface area contributed by atoms with E-state index in [4.69, 9.17) is 0 Å². The number of sulfonamides is 1. The van der Waals surface area contributed by atoms with Crippen molar-refractivity contribution < 1.29 is 23.4 Å². The highest BCUT2D eigenvalue weighted by molar-refractivity contribution is 7.89. The maximum Gasteiger partial charge on any atom is 0.322 e. The molecule has 0 spiro atoms. The Kier molecular flexibility index (Phi) is 5.76. The summed E-state index contributed by atoms with van der Waals surface area (Å²) in [6.45, 7) is 0. The molecule has 0 unspecified atom stereocenters. The zero-order chi connectivity index (χ0) is 21.2. The van der Waals surface area contributed by atoms with E-state index in [1.54, 1.807) is 30.3 Å². The summed E-state index contributed by atoms with van der Waals surface area (Å²) >= 11 is 0. The van der Waals surface area contributed by atoms with Crippen LogP contribution in [0.15, 0.2) is 65.6 Å². The van der Waals surface area contributed by atoms with Crippen molar-refractivity contribution in [1.82, 2.24) is 4.72 Å². The summed E-state index contributed by atoms with van der Waals surface area (Å²) in [7, 11) is -0.366. The third-order valence-corrected chi connectivity index (χ3v) is 6.13. The van der Waals surface area contributed by atoms with Gasteiger partial charge in [-0.3, -0.25) is 4.79 Å². The lowest BCUT2D eigenvalue weighted by Crippen LogP contribution is -2.42. The van der Waals surface area contributed by atoms with Crippen molar-refractivity contribution in [2.75, 3.05) is 19.0 Å². The van der Waals surface area contributed by atoms with Crippen LogP contribution in [0.4, 0.5) is 5.69 Å². The highest BCUT2D eigenvalue weighted by Gasteiger charge is 2.27. The number of benzene rings is 3. The molecule has 3 aromatic rings. The molecule has 0 fully saturated rings. The van der Waals surface area contributed by atoms with Crippen LogP contribution >= 0.6 is 0 Å². The van der Waals surface area contributed by atoms with Crippen LogP contribution in [0.5, 0.6) is 5.75 Å². The second kappa shape index (κ2) is 8.10. The summed E-state index contributed by atoms with van der Waals surface area (Å²) in [6.07, 6.45) is -0.0530. The lowest BCUT2D eigenvalue weighted by molar-refractivity contribution is -0.138. The molecule has 0 aromatic heterocycles. The van der Waals surface area contributed by atoms with Gasteiger partial charge in [0.05, 0.1) is 4.90 Å². The van der Waals surface area contributed by atoms with Crippen LogP contribution in [0, 0.1) is 0 Å². The maximum absolute atomic E-state index is 13.1. The van der Waals surface area contributed by atoms with E-state index in [0.717, 1.165) is 11.1 Å². The fraction of sp³-hybridized carbons (Fsp3) is 0.190. The summed E-state index contributed by atoms with van der Waals surface area (Å²) in [4.78, 5) is 13.6. The standard InChI is InChI=1S/C21H22N2O5S/c1-23(2)19-7-3-6-17-16(19)5-4-8-20(17)29(27,28)22-18(21(25)26)13-14-9-11-15(24)12-10-14/h3-12,18,22,24H,13H2,1-2H3,(H,25,26)/t18-/m1/s1. The van der Waals surface area contributed by atoms with Crippen molar-refractivity contribution >= 4 is 32.5 Å². The number of hydrogen-bond donors (Lipinski definition) is 3. The van der Waals surface area contributed by atoms with Crippen LogP contribution in [0.3, 0.4) is 0 Å². The minimum Gasteiger partial charge on any atom is -0.508 e. The zero-order valence-electron chi connectivity index (χ0n) is 16.0. The molecule has 0 radical (unpaired) electrons. The van der Waals surface area contributed by atoms with Crippen molar-refractivity contribution in [2.45, 2.75) is 17.4 Å². The van der Waals surface area contributed by atoms with Crippen molar-refractivity contribution in [3.8, 4) is 5.75 Å². The van der Waals surface area contributed by atoms with Gasteiger partial charge >= 0.3 is 5.97 Å². The molecule has 3 rings (SSSR count). The molecule has 0 heterocycles. The second-order valence-corrected chi connectivity index (χ2v) is 8.59. The number of phenolic OH excluding ortho intramolecular Hbond substituents is 1. The van der Waals surface area contributed by atoms with E-state index in [2.05, 4.69) is 4.72 Å². The molecular weight excluding hydrogens is 392 g/mol. The minimum absolute atomic E-state index is 0.0238. The average Bonchev–Trinajstić information content (AvgIpc) is 2.67. The summed E-state index contributed by atoms with van der Waals surface area (Å²) < 4.78 is 28.4. The summed E-state index contributed by atoms with van der Waals surface area (Å²) in [5, 5.41) is 20.2. The predicted octanol–water partition coefficient (Wildman–Crippen LogP) is 2.59. The number of carbonyl (C=O) groups is 1. The number of nitrogens with zero attached hydrogens (tertiary/aromatic N) is 1. The van der Waals surface area contributed by atoms with Gasteiger partial charge in [-0.05, 0) is 36.2 Å². The van der Waals surface area contributed by atoms with Gasteiger partial charge in [-0.25, -0.2) is 8.42 Å². The first-order valence-corrected chi connectivity index (χ1v) is 10.4. The van der Waals surface area contributed by atoms with Gasteiger partial charge in [0.1, 0.15) is 11.8 Å². The van der Waals surface area contributed by atoms with Crippen molar-refractivity contribution in [3.63, 3.8) is 0 Å². The van der Waals surface area contributed by atoms with Crippen LogP contribution in [0.1, 0.15) is 5.56 Å². The van der Waals surface area contributed by atoms with Crippen LogP contribution in [0.25, 0.3) is 10.8 Å². The van der Waals surface area contributed by atoms with Gasteiger partial charge in [0.25, 0.3) is 0 Å². The quantitative estimate of drug-likeness (QED) is 0.549. The Balaban J connectivity index is 1.98. The Bertz CT molecular complexity index is 1140. The van der Waals surface area contributed by atoms with E-state index in [1.165, 1.54) is 18.2 Å². The number of carboxylic acids is 1. The van der Waals surface area contributed by atoms with Gasteiger partial charge in [0.2, 0.25) is 10.0 Å². The number of phenols is 1. The smallest absolute Gasteiger partial charge is 0.322 e. The number of nitrogens with one attached hydrogen (secondary N) is 1. The minimum atomic E-state index is -4.10. The first-order chi connectivity index (χ1) is 13.7. The molecule has 8 heteroatoms. The fourth-order valence-corrected chi connectivity index (χ4v) is 4.60. The molecule has 29 heavy (non-hydrogen) atoms. The lowest BCUT2D eigenvalue weighted by atomic mass is 10.1. The first kappa shape index (κ1) is 20.6. The third-order valence-electron chi connectivity index (χ3n) is 4.60. The van der Waals surface area contributed by atoms with Crippen LogP contribution in [0.2, 0.25) is 0 Å². The molecule has 152 valence electrons. The number of aromatic hydroxyl groups is 1. The van der Waals surface area contributed by atoms with Gasteiger partial charge in [-0.15, -0.1) is 0 Å². The van der Waals surface area contributed by atoms with Crippen LogP contribution in [-0.2, 0) is 21.2 Å². The molecule has 0 aliphatic heterocycles. The van der Waals surface area contributed by atoms with Crippen LogP contribution in [-0.4, -0.2) is 44.7 Å². The van der Waals surface area contributed by atoms with E-state index >= 15 is 0 Å². The molecule has 0 bridgehead atoms. The Morgan fingerprint density at radius 2 is 1.62 bits per heavy atom. The second-order valence-electron chi connectivity index (χ2n) is 6.91. The molecule has 0 saturated carbocycles. The number of carboxylic acid groups (broad SMARTS) is 1. The average molecular weight is 414 g/mol. The third kappa shape index (κ3) is 4.49. The molecule has 0 saturated heterocycles.